The van der Waals surface area contributed by atoms with Crippen molar-refractivity contribution in [3.8, 4) is 0 Å². The molecular formula is C15H12FNO3. The number of carboxylic acids is 1. The molecule has 0 saturated heterocycles. The highest BCUT2D eigenvalue weighted by Gasteiger charge is 2.15. The van der Waals surface area contributed by atoms with E-state index in [4.69, 9.17) is 5.11 Å². The predicted octanol–water partition coefficient (Wildman–Crippen LogP) is 3.08. The highest BCUT2D eigenvalue weighted by molar-refractivity contribution is 6.07. The van der Waals surface area contributed by atoms with Crippen molar-refractivity contribution < 1.29 is 19.1 Å². The number of carboxylic acid groups (broad SMARTS) is 1. The predicted molar refractivity (Wildman–Crippen MR) is 72.5 cm³/mol. The summed E-state index contributed by atoms with van der Waals surface area (Å²) in [6, 6.07) is 10.1. The van der Waals surface area contributed by atoms with E-state index in [0.29, 0.717) is 0 Å². The van der Waals surface area contributed by atoms with Gasteiger partial charge in [0.2, 0.25) is 0 Å². The molecule has 102 valence electrons. The zero-order valence-electron chi connectivity index (χ0n) is 10.7. The number of carbonyl (C=O) groups is 2. The third-order valence-corrected chi connectivity index (χ3v) is 2.77. The molecule has 2 rings (SSSR count). The topological polar surface area (TPSA) is 66.4 Å². The second-order valence-electron chi connectivity index (χ2n) is 4.29. The molecule has 0 spiro atoms. The Balaban J connectivity index is 2.35. The standard InChI is InChI=1S/C15H12FNO3/c1-9-6-7-11(15(19)20)13(8-9)17-14(18)10-4-2-3-5-12(10)16/h2-8H,1H3,(H,17,18)(H,19,20). The van der Waals surface area contributed by atoms with Gasteiger partial charge in [-0.1, -0.05) is 18.2 Å². The van der Waals surface area contributed by atoms with E-state index >= 15 is 0 Å². The number of amides is 1. The van der Waals surface area contributed by atoms with Crippen LogP contribution in [0.15, 0.2) is 42.5 Å². The lowest BCUT2D eigenvalue weighted by molar-refractivity contribution is 0.0698. The lowest BCUT2D eigenvalue weighted by atomic mass is 10.1. The quantitative estimate of drug-likeness (QED) is 0.903. The lowest BCUT2D eigenvalue weighted by Crippen LogP contribution is -2.16. The number of benzene rings is 2. The molecule has 0 fully saturated rings. The molecule has 0 aliphatic carbocycles. The highest BCUT2D eigenvalue weighted by atomic mass is 19.1. The fraction of sp³-hybridized carbons (Fsp3) is 0.0667. The molecule has 0 heterocycles. The van der Waals surface area contributed by atoms with Crippen LogP contribution in [-0.4, -0.2) is 17.0 Å². The maximum Gasteiger partial charge on any atom is 0.337 e. The van der Waals surface area contributed by atoms with Crippen molar-refractivity contribution >= 4 is 17.6 Å². The van der Waals surface area contributed by atoms with E-state index in [9.17, 15) is 14.0 Å². The fourth-order valence-corrected chi connectivity index (χ4v) is 1.78. The number of hydrogen-bond donors (Lipinski definition) is 2. The van der Waals surface area contributed by atoms with Gasteiger partial charge in [0.05, 0.1) is 16.8 Å². The molecule has 4 nitrogen and oxygen atoms in total. The Morgan fingerprint density at radius 3 is 2.45 bits per heavy atom. The van der Waals surface area contributed by atoms with Crippen molar-refractivity contribution in [2.75, 3.05) is 5.32 Å². The first-order valence-electron chi connectivity index (χ1n) is 5.89. The average molecular weight is 273 g/mol. The molecule has 20 heavy (non-hydrogen) atoms. The van der Waals surface area contributed by atoms with Gasteiger partial charge in [-0.15, -0.1) is 0 Å². The minimum Gasteiger partial charge on any atom is -0.478 e. The Morgan fingerprint density at radius 2 is 1.80 bits per heavy atom. The van der Waals surface area contributed by atoms with Crippen LogP contribution in [0.2, 0.25) is 0 Å². The summed E-state index contributed by atoms with van der Waals surface area (Å²) < 4.78 is 13.5. The molecule has 0 bridgehead atoms. The Labute approximate surface area is 114 Å². The Hall–Kier alpha value is -2.69. The number of anilines is 1. The maximum absolute atomic E-state index is 13.5. The van der Waals surface area contributed by atoms with Crippen molar-refractivity contribution in [1.29, 1.82) is 0 Å². The van der Waals surface area contributed by atoms with Gasteiger partial charge in [0.25, 0.3) is 5.91 Å². The van der Waals surface area contributed by atoms with Crippen LogP contribution in [0.5, 0.6) is 0 Å². The number of nitrogens with one attached hydrogen (secondary N) is 1. The Morgan fingerprint density at radius 1 is 1.10 bits per heavy atom. The van der Waals surface area contributed by atoms with Crippen LogP contribution in [0.3, 0.4) is 0 Å². The van der Waals surface area contributed by atoms with Crippen LogP contribution in [0.4, 0.5) is 10.1 Å². The van der Waals surface area contributed by atoms with Crippen LogP contribution in [0.25, 0.3) is 0 Å². The zero-order valence-corrected chi connectivity index (χ0v) is 10.7. The van der Waals surface area contributed by atoms with E-state index in [1.807, 2.05) is 0 Å². The number of aryl methyl sites for hydroxylation is 1. The Bertz CT molecular complexity index is 683. The summed E-state index contributed by atoms with van der Waals surface area (Å²) in [6.07, 6.45) is 0. The molecule has 5 heteroatoms. The second kappa shape index (κ2) is 5.52. The first kappa shape index (κ1) is 13.7. The summed E-state index contributed by atoms with van der Waals surface area (Å²) in [5, 5.41) is 11.5. The second-order valence-corrected chi connectivity index (χ2v) is 4.29. The lowest BCUT2D eigenvalue weighted by Gasteiger charge is -2.10. The summed E-state index contributed by atoms with van der Waals surface area (Å²) in [5.74, 6) is -2.50. The summed E-state index contributed by atoms with van der Waals surface area (Å²) >= 11 is 0. The third-order valence-electron chi connectivity index (χ3n) is 2.77. The third kappa shape index (κ3) is 2.83. The van der Waals surface area contributed by atoms with Gasteiger partial charge in [0.15, 0.2) is 0 Å². The summed E-state index contributed by atoms with van der Waals surface area (Å²) in [7, 11) is 0. The molecule has 2 aromatic rings. The summed E-state index contributed by atoms with van der Waals surface area (Å²) in [5.41, 5.74) is 0.759. The van der Waals surface area contributed by atoms with Gasteiger partial charge in [-0.05, 0) is 36.8 Å². The van der Waals surface area contributed by atoms with Gasteiger partial charge < -0.3 is 10.4 Å². The van der Waals surface area contributed by atoms with Gasteiger partial charge >= 0.3 is 5.97 Å². The fourth-order valence-electron chi connectivity index (χ4n) is 1.78. The van der Waals surface area contributed by atoms with Crippen molar-refractivity contribution in [3.05, 3.63) is 65.0 Å². The Kier molecular flexibility index (Phi) is 3.79. The number of rotatable bonds is 3. The molecule has 0 atom stereocenters. The van der Waals surface area contributed by atoms with Gasteiger partial charge in [-0.2, -0.15) is 0 Å². The van der Waals surface area contributed by atoms with Crippen molar-refractivity contribution in [2.24, 2.45) is 0 Å². The van der Waals surface area contributed by atoms with E-state index in [2.05, 4.69) is 5.32 Å². The van der Waals surface area contributed by atoms with E-state index in [1.54, 1.807) is 13.0 Å². The molecule has 0 aromatic heterocycles. The molecule has 0 aliphatic heterocycles. The first-order valence-corrected chi connectivity index (χ1v) is 5.89. The normalized spacial score (nSPS) is 10.1. The molecule has 0 unspecified atom stereocenters. The van der Waals surface area contributed by atoms with Crippen LogP contribution in [0.1, 0.15) is 26.3 Å². The van der Waals surface area contributed by atoms with Gasteiger partial charge in [0.1, 0.15) is 5.82 Å². The van der Waals surface area contributed by atoms with Gasteiger partial charge in [-0.25, -0.2) is 9.18 Å². The number of hydrogen-bond acceptors (Lipinski definition) is 2. The molecule has 0 radical (unpaired) electrons. The first-order chi connectivity index (χ1) is 9.49. The average Bonchev–Trinajstić information content (AvgIpc) is 2.38. The molecule has 0 saturated carbocycles. The van der Waals surface area contributed by atoms with E-state index in [1.165, 1.54) is 36.4 Å². The van der Waals surface area contributed by atoms with Gasteiger partial charge in [0, 0.05) is 0 Å². The molecule has 1 amide bonds. The van der Waals surface area contributed by atoms with Crippen LogP contribution in [-0.2, 0) is 0 Å². The SMILES string of the molecule is Cc1ccc(C(=O)O)c(NC(=O)c2ccccc2F)c1. The number of aromatic carboxylic acids is 1. The smallest absolute Gasteiger partial charge is 0.337 e. The molecule has 0 aliphatic rings. The number of halogens is 1. The van der Waals surface area contributed by atoms with Crippen molar-refractivity contribution in [3.63, 3.8) is 0 Å². The molecule has 2 aromatic carbocycles. The maximum atomic E-state index is 13.5. The largest absolute Gasteiger partial charge is 0.478 e. The van der Waals surface area contributed by atoms with Crippen molar-refractivity contribution in [1.82, 2.24) is 0 Å². The van der Waals surface area contributed by atoms with Crippen LogP contribution < -0.4 is 5.32 Å². The summed E-state index contributed by atoms with van der Waals surface area (Å²) in [6.45, 7) is 1.77. The number of carbonyl (C=O) groups excluding carboxylic acids is 1. The van der Waals surface area contributed by atoms with E-state index < -0.39 is 17.7 Å². The van der Waals surface area contributed by atoms with E-state index in [-0.39, 0.29) is 16.8 Å². The molecule has 2 N–H and O–H groups in total. The minimum absolute atomic E-state index is 0.0414. The zero-order chi connectivity index (χ0) is 14.7. The van der Waals surface area contributed by atoms with E-state index in [0.717, 1.165) is 5.56 Å². The van der Waals surface area contributed by atoms with Gasteiger partial charge in [-0.3, -0.25) is 4.79 Å². The molecular weight excluding hydrogens is 261 g/mol. The highest BCUT2D eigenvalue weighted by Crippen LogP contribution is 2.19. The van der Waals surface area contributed by atoms with Crippen molar-refractivity contribution in [2.45, 2.75) is 6.92 Å². The minimum atomic E-state index is -1.16. The summed E-state index contributed by atoms with van der Waals surface area (Å²) in [4.78, 5) is 23.1. The monoisotopic (exact) mass is 273 g/mol. The van der Waals surface area contributed by atoms with Crippen LogP contribution >= 0.6 is 0 Å². The van der Waals surface area contributed by atoms with Crippen LogP contribution in [0, 0.1) is 12.7 Å².